The minimum atomic E-state index is 0.627. The van der Waals surface area contributed by atoms with Crippen LogP contribution in [-0.2, 0) is 13.5 Å². The smallest absolute Gasteiger partial charge is 0.154 e. The quantitative estimate of drug-likeness (QED) is 0.757. The van der Waals surface area contributed by atoms with Gasteiger partial charge in [0.15, 0.2) is 5.82 Å². The van der Waals surface area contributed by atoms with Gasteiger partial charge in [-0.05, 0) is 32.2 Å². The molecule has 1 saturated carbocycles. The zero-order valence-electron chi connectivity index (χ0n) is 11.6. The van der Waals surface area contributed by atoms with E-state index in [0.717, 1.165) is 31.0 Å². The van der Waals surface area contributed by atoms with Crippen molar-refractivity contribution in [3.05, 3.63) is 11.6 Å². The Morgan fingerprint density at radius 1 is 1.17 bits per heavy atom. The molecule has 0 spiro atoms. The molecule has 0 amide bonds. The lowest BCUT2D eigenvalue weighted by atomic mass is 10.1. The number of aryl methyl sites for hydroxylation is 2. The van der Waals surface area contributed by atoms with Crippen molar-refractivity contribution in [1.29, 1.82) is 0 Å². The summed E-state index contributed by atoms with van der Waals surface area (Å²) in [4.78, 5) is 4.74. The highest BCUT2D eigenvalue weighted by Gasteiger charge is 2.21. The molecule has 4 heteroatoms. The number of nitrogens with two attached hydrogens (primary N) is 1. The van der Waals surface area contributed by atoms with Crippen LogP contribution in [0.3, 0.4) is 0 Å². The van der Waals surface area contributed by atoms with Gasteiger partial charge in [0, 0.05) is 19.4 Å². The third-order valence-electron chi connectivity index (χ3n) is 3.94. The maximum atomic E-state index is 5.49. The van der Waals surface area contributed by atoms with Crippen molar-refractivity contribution >= 4 is 0 Å². The molecule has 0 aliphatic heterocycles. The predicted octanol–water partition coefficient (Wildman–Crippen LogP) is 2.53. The molecule has 0 atom stereocenters. The Morgan fingerprint density at radius 3 is 2.61 bits per heavy atom. The van der Waals surface area contributed by atoms with Crippen LogP contribution in [0.4, 0.5) is 0 Å². The summed E-state index contributed by atoms with van der Waals surface area (Å²) in [7, 11) is 2.03. The topological polar surface area (TPSA) is 56.7 Å². The molecular weight excluding hydrogens is 224 g/mol. The molecule has 0 aromatic carbocycles. The van der Waals surface area contributed by atoms with Crippen LogP contribution in [0, 0.1) is 0 Å². The molecule has 1 heterocycles. The van der Waals surface area contributed by atoms with Gasteiger partial charge < -0.3 is 5.73 Å². The number of hydrogen-bond acceptors (Lipinski definition) is 3. The van der Waals surface area contributed by atoms with Gasteiger partial charge in [-0.3, -0.25) is 4.68 Å². The lowest BCUT2D eigenvalue weighted by molar-refractivity contribution is 0.609. The van der Waals surface area contributed by atoms with Gasteiger partial charge in [0.05, 0.1) is 0 Å². The number of hydrogen-bond donors (Lipinski definition) is 1. The maximum absolute atomic E-state index is 5.49. The van der Waals surface area contributed by atoms with Crippen molar-refractivity contribution in [2.24, 2.45) is 12.8 Å². The van der Waals surface area contributed by atoms with E-state index in [-0.39, 0.29) is 0 Å². The predicted molar refractivity (Wildman–Crippen MR) is 73.4 cm³/mol. The molecule has 4 nitrogen and oxygen atoms in total. The molecule has 2 N–H and O–H groups in total. The fourth-order valence-electron chi connectivity index (χ4n) is 2.79. The molecule has 0 radical (unpaired) electrons. The van der Waals surface area contributed by atoms with Crippen molar-refractivity contribution in [3.8, 4) is 0 Å². The van der Waals surface area contributed by atoms with Gasteiger partial charge >= 0.3 is 0 Å². The van der Waals surface area contributed by atoms with Gasteiger partial charge in [-0.25, -0.2) is 4.98 Å². The lowest BCUT2D eigenvalue weighted by Crippen LogP contribution is -2.00. The molecule has 1 aromatic rings. The second kappa shape index (κ2) is 6.88. The van der Waals surface area contributed by atoms with Crippen molar-refractivity contribution in [1.82, 2.24) is 14.8 Å². The summed E-state index contributed by atoms with van der Waals surface area (Å²) in [6.07, 6.45) is 11.1. The first-order chi connectivity index (χ1) is 8.81. The third kappa shape index (κ3) is 3.55. The van der Waals surface area contributed by atoms with Crippen molar-refractivity contribution < 1.29 is 0 Å². The van der Waals surface area contributed by atoms with E-state index in [2.05, 4.69) is 5.10 Å². The monoisotopic (exact) mass is 250 g/mol. The van der Waals surface area contributed by atoms with Gasteiger partial charge in [-0.1, -0.05) is 25.7 Å². The van der Waals surface area contributed by atoms with E-state index in [1.165, 1.54) is 44.9 Å². The minimum absolute atomic E-state index is 0.627. The largest absolute Gasteiger partial charge is 0.330 e. The Bertz CT molecular complexity index is 353. The van der Waals surface area contributed by atoms with E-state index in [9.17, 15) is 0 Å². The standard InChI is InChI=1S/C14H26N4/c1-18-13(10-4-2-3-7-11-15)16-14(17-18)12-8-5-6-9-12/h12H,2-11,15H2,1H3. The highest BCUT2D eigenvalue weighted by atomic mass is 15.3. The summed E-state index contributed by atoms with van der Waals surface area (Å²) in [5.74, 6) is 2.87. The fourth-order valence-corrected chi connectivity index (χ4v) is 2.79. The van der Waals surface area contributed by atoms with E-state index < -0.39 is 0 Å². The Hall–Kier alpha value is -0.900. The van der Waals surface area contributed by atoms with Crippen LogP contribution in [-0.4, -0.2) is 21.3 Å². The SMILES string of the molecule is Cn1nc(C2CCCC2)nc1CCCCCCN. The van der Waals surface area contributed by atoms with E-state index in [4.69, 9.17) is 10.7 Å². The first-order valence-corrected chi connectivity index (χ1v) is 7.41. The summed E-state index contributed by atoms with van der Waals surface area (Å²) < 4.78 is 1.98. The molecular formula is C14H26N4. The van der Waals surface area contributed by atoms with E-state index in [1.54, 1.807) is 0 Å². The van der Waals surface area contributed by atoms with Gasteiger partial charge in [-0.15, -0.1) is 0 Å². The molecule has 1 aliphatic rings. The van der Waals surface area contributed by atoms with E-state index in [1.807, 2.05) is 11.7 Å². The average molecular weight is 250 g/mol. The molecule has 102 valence electrons. The highest BCUT2D eigenvalue weighted by Crippen LogP contribution is 2.32. The minimum Gasteiger partial charge on any atom is -0.330 e. The second-order valence-corrected chi connectivity index (χ2v) is 5.44. The number of rotatable bonds is 7. The lowest BCUT2D eigenvalue weighted by Gasteiger charge is -2.01. The van der Waals surface area contributed by atoms with Crippen LogP contribution in [0.5, 0.6) is 0 Å². The normalized spacial score (nSPS) is 16.6. The molecule has 0 unspecified atom stereocenters. The Labute approximate surface area is 110 Å². The molecule has 1 aromatic heterocycles. The fraction of sp³-hybridized carbons (Fsp3) is 0.857. The summed E-state index contributed by atoms with van der Waals surface area (Å²) in [6.45, 7) is 0.815. The molecule has 2 rings (SSSR count). The van der Waals surface area contributed by atoms with Gasteiger partial charge in [-0.2, -0.15) is 5.10 Å². The van der Waals surface area contributed by atoms with Crippen LogP contribution in [0.15, 0.2) is 0 Å². The van der Waals surface area contributed by atoms with Crippen LogP contribution in [0.1, 0.15) is 68.9 Å². The zero-order valence-corrected chi connectivity index (χ0v) is 11.6. The van der Waals surface area contributed by atoms with Crippen molar-refractivity contribution in [2.45, 2.75) is 63.7 Å². The van der Waals surface area contributed by atoms with Gasteiger partial charge in [0.25, 0.3) is 0 Å². The summed E-state index contributed by atoms with van der Waals surface area (Å²) in [5, 5.41) is 4.59. The van der Waals surface area contributed by atoms with Crippen molar-refractivity contribution in [2.75, 3.05) is 6.54 Å². The number of unbranched alkanes of at least 4 members (excludes halogenated alkanes) is 3. The first kappa shape index (κ1) is 13.5. The summed E-state index contributed by atoms with van der Waals surface area (Å²) >= 11 is 0. The van der Waals surface area contributed by atoms with E-state index >= 15 is 0 Å². The van der Waals surface area contributed by atoms with Crippen LogP contribution >= 0.6 is 0 Å². The van der Waals surface area contributed by atoms with Crippen LogP contribution in [0.25, 0.3) is 0 Å². The Balaban J connectivity index is 1.81. The molecule has 1 aliphatic carbocycles. The number of nitrogens with zero attached hydrogens (tertiary/aromatic N) is 3. The number of aromatic nitrogens is 3. The molecule has 1 fully saturated rings. The van der Waals surface area contributed by atoms with Gasteiger partial charge in [0.1, 0.15) is 5.82 Å². The Morgan fingerprint density at radius 2 is 1.89 bits per heavy atom. The van der Waals surface area contributed by atoms with Crippen molar-refractivity contribution in [3.63, 3.8) is 0 Å². The molecule has 0 saturated heterocycles. The first-order valence-electron chi connectivity index (χ1n) is 7.41. The van der Waals surface area contributed by atoms with E-state index in [0.29, 0.717) is 5.92 Å². The van der Waals surface area contributed by atoms with Gasteiger partial charge in [0.2, 0.25) is 0 Å². The average Bonchev–Trinajstić information content (AvgIpc) is 2.99. The maximum Gasteiger partial charge on any atom is 0.154 e. The highest BCUT2D eigenvalue weighted by molar-refractivity contribution is 5.01. The van der Waals surface area contributed by atoms with Crippen LogP contribution in [0.2, 0.25) is 0 Å². The zero-order chi connectivity index (χ0) is 12.8. The molecule has 0 bridgehead atoms. The third-order valence-corrected chi connectivity index (χ3v) is 3.94. The molecule has 18 heavy (non-hydrogen) atoms. The summed E-state index contributed by atoms with van der Waals surface area (Å²) in [5.41, 5.74) is 5.49. The summed E-state index contributed by atoms with van der Waals surface area (Å²) in [6, 6.07) is 0. The van der Waals surface area contributed by atoms with Crippen LogP contribution < -0.4 is 5.73 Å². The second-order valence-electron chi connectivity index (χ2n) is 5.44. The Kier molecular flexibility index (Phi) is 5.17.